The molecular weight excluding hydrogens is 242 g/mol. The van der Waals surface area contributed by atoms with E-state index in [9.17, 15) is 0 Å². The molecule has 3 aromatic rings. The van der Waals surface area contributed by atoms with E-state index >= 15 is 0 Å². The number of nitrogen functional groups attached to an aromatic ring is 1. The standard InChI is InChI=1S/C13H13N5O/c14-10-2-3-11-9(7-10)1-4-12(17-11)15-6-5-13-16-8-19-18-13/h1-4,7-8H,5-6,14H2,(H,15,17). The van der Waals surface area contributed by atoms with Gasteiger partial charge >= 0.3 is 0 Å². The topological polar surface area (TPSA) is 89.9 Å². The number of nitrogens with two attached hydrogens (primary N) is 1. The third-order valence-corrected chi connectivity index (χ3v) is 2.77. The highest BCUT2D eigenvalue weighted by Crippen LogP contribution is 2.17. The largest absolute Gasteiger partial charge is 0.399 e. The average molecular weight is 255 g/mol. The molecule has 2 aromatic heterocycles. The predicted octanol–water partition coefficient (Wildman–Crippen LogP) is 1.85. The maximum Gasteiger partial charge on any atom is 0.213 e. The Morgan fingerprint density at radius 3 is 3.00 bits per heavy atom. The minimum Gasteiger partial charge on any atom is -0.399 e. The van der Waals surface area contributed by atoms with Crippen LogP contribution in [0, 0.1) is 0 Å². The first-order valence-corrected chi connectivity index (χ1v) is 5.97. The first-order valence-electron chi connectivity index (χ1n) is 5.97. The third-order valence-electron chi connectivity index (χ3n) is 2.77. The van der Waals surface area contributed by atoms with E-state index in [0.29, 0.717) is 18.8 Å². The fourth-order valence-corrected chi connectivity index (χ4v) is 1.85. The first kappa shape index (κ1) is 11.5. The quantitative estimate of drug-likeness (QED) is 0.691. The van der Waals surface area contributed by atoms with Gasteiger partial charge in [-0.05, 0) is 30.3 Å². The molecule has 0 unspecified atom stereocenters. The molecule has 3 rings (SSSR count). The zero-order chi connectivity index (χ0) is 13.1. The smallest absolute Gasteiger partial charge is 0.213 e. The second-order valence-corrected chi connectivity index (χ2v) is 4.17. The van der Waals surface area contributed by atoms with Crippen LogP contribution in [0.15, 0.2) is 41.2 Å². The molecule has 6 nitrogen and oxygen atoms in total. The van der Waals surface area contributed by atoms with Crippen LogP contribution in [0.5, 0.6) is 0 Å². The van der Waals surface area contributed by atoms with Crippen LogP contribution in [0.25, 0.3) is 10.9 Å². The minimum atomic E-state index is 0.682. The number of pyridine rings is 1. The van der Waals surface area contributed by atoms with Gasteiger partial charge in [-0.2, -0.15) is 4.98 Å². The Kier molecular flexibility index (Phi) is 2.97. The second kappa shape index (κ2) is 4.93. The van der Waals surface area contributed by atoms with Crippen LogP contribution in [0.3, 0.4) is 0 Å². The lowest BCUT2D eigenvalue weighted by molar-refractivity contribution is 0.410. The molecule has 0 spiro atoms. The van der Waals surface area contributed by atoms with Crippen molar-refractivity contribution in [3.05, 3.63) is 42.5 Å². The molecule has 0 amide bonds. The summed E-state index contributed by atoms with van der Waals surface area (Å²) < 4.78 is 4.67. The van der Waals surface area contributed by atoms with Gasteiger partial charge in [0.05, 0.1) is 5.52 Å². The fraction of sp³-hybridized carbons (Fsp3) is 0.154. The van der Waals surface area contributed by atoms with E-state index in [4.69, 9.17) is 5.73 Å². The zero-order valence-electron chi connectivity index (χ0n) is 10.2. The van der Waals surface area contributed by atoms with Crippen molar-refractivity contribution in [2.24, 2.45) is 0 Å². The van der Waals surface area contributed by atoms with E-state index in [0.717, 1.165) is 22.4 Å². The van der Waals surface area contributed by atoms with Crippen molar-refractivity contribution in [1.82, 2.24) is 15.1 Å². The summed E-state index contributed by atoms with van der Waals surface area (Å²) in [7, 11) is 0. The van der Waals surface area contributed by atoms with Crippen LogP contribution >= 0.6 is 0 Å². The Hall–Kier alpha value is -2.63. The molecule has 19 heavy (non-hydrogen) atoms. The Labute approximate surface area is 109 Å². The third kappa shape index (κ3) is 2.62. The van der Waals surface area contributed by atoms with Crippen molar-refractivity contribution in [1.29, 1.82) is 0 Å². The second-order valence-electron chi connectivity index (χ2n) is 4.17. The summed E-state index contributed by atoms with van der Waals surface area (Å²) in [6, 6.07) is 9.59. The number of nitrogens with zero attached hydrogens (tertiary/aromatic N) is 3. The van der Waals surface area contributed by atoms with Gasteiger partial charge in [0.25, 0.3) is 0 Å². The lowest BCUT2D eigenvalue weighted by Gasteiger charge is -2.05. The molecule has 0 bridgehead atoms. The van der Waals surface area contributed by atoms with Crippen molar-refractivity contribution in [3.8, 4) is 0 Å². The molecule has 0 aliphatic heterocycles. The number of anilines is 2. The van der Waals surface area contributed by atoms with E-state index in [2.05, 4.69) is 25.0 Å². The number of nitrogens with one attached hydrogen (secondary N) is 1. The molecule has 96 valence electrons. The van der Waals surface area contributed by atoms with Crippen LogP contribution in [-0.2, 0) is 6.42 Å². The number of aromatic nitrogens is 3. The highest BCUT2D eigenvalue weighted by Gasteiger charge is 2.01. The summed E-state index contributed by atoms with van der Waals surface area (Å²) in [5.41, 5.74) is 7.39. The summed E-state index contributed by atoms with van der Waals surface area (Å²) in [5, 5.41) is 8.00. The predicted molar refractivity (Wildman–Crippen MR) is 72.6 cm³/mol. The van der Waals surface area contributed by atoms with Gasteiger partial charge in [-0.25, -0.2) is 4.98 Å². The van der Waals surface area contributed by atoms with Gasteiger partial charge in [0.1, 0.15) is 5.82 Å². The number of benzene rings is 1. The van der Waals surface area contributed by atoms with Gasteiger partial charge in [0.2, 0.25) is 6.39 Å². The van der Waals surface area contributed by atoms with E-state index in [1.54, 1.807) is 0 Å². The number of fused-ring (bicyclic) bond motifs is 1. The van der Waals surface area contributed by atoms with Crippen molar-refractivity contribution in [2.75, 3.05) is 17.6 Å². The van der Waals surface area contributed by atoms with Gasteiger partial charge in [-0.1, -0.05) is 5.16 Å². The SMILES string of the molecule is Nc1ccc2nc(NCCc3ncon3)ccc2c1. The molecule has 6 heteroatoms. The summed E-state index contributed by atoms with van der Waals surface area (Å²) in [5.74, 6) is 1.50. The molecule has 1 aromatic carbocycles. The van der Waals surface area contributed by atoms with E-state index in [1.165, 1.54) is 6.39 Å². The normalized spacial score (nSPS) is 10.7. The van der Waals surface area contributed by atoms with Crippen molar-refractivity contribution in [3.63, 3.8) is 0 Å². The monoisotopic (exact) mass is 255 g/mol. The summed E-state index contributed by atoms with van der Waals surface area (Å²) in [6.45, 7) is 0.701. The number of hydrogen-bond acceptors (Lipinski definition) is 6. The molecule has 0 saturated heterocycles. The van der Waals surface area contributed by atoms with Crippen molar-refractivity contribution >= 4 is 22.4 Å². The van der Waals surface area contributed by atoms with Crippen LogP contribution in [-0.4, -0.2) is 21.7 Å². The van der Waals surface area contributed by atoms with Crippen molar-refractivity contribution in [2.45, 2.75) is 6.42 Å². The minimum absolute atomic E-state index is 0.682. The average Bonchev–Trinajstić information content (AvgIpc) is 2.92. The molecule has 2 heterocycles. The highest BCUT2D eigenvalue weighted by atomic mass is 16.5. The zero-order valence-corrected chi connectivity index (χ0v) is 10.2. The van der Waals surface area contributed by atoms with E-state index in [1.807, 2.05) is 30.3 Å². The molecule has 3 N–H and O–H groups in total. The van der Waals surface area contributed by atoms with Crippen LogP contribution in [0.2, 0.25) is 0 Å². The number of hydrogen-bond donors (Lipinski definition) is 2. The highest BCUT2D eigenvalue weighted by molar-refractivity contribution is 5.83. The summed E-state index contributed by atoms with van der Waals surface area (Å²) in [4.78, 5) is 8.46. The Morgan fingerprint density at radius 1 is 1.21 bits per heavy atom. The molecule has 0 aliphatic rings. The lowest BCUT2D eigenvalue weighted by Crippen LogP contribution is -2.07. The molecule has 0 fully saturated rings. The Balaban J connectivity index is 1.69. The van der Waals surface area contributed by atoms with Gasteiger partial charge in [0.15, 0.2) is 5.82 Å². The van der Waals surface area contributed by atoms with Gasteiger partial charge < -0.3 is 15.6 Å². The lowest BCUT2D eigenvalue weighted by atomic mass is 10.2. The first-order chi connectivity index (χ1) is 9.31. The molecule has 0 saturated carbocycles. The Bertz CT molecular complexity index is 681. The van der Waals surface area contributed by atoms with Gasteiger partial charge in [-0.15, -0.1) is 0 Å². The summed E-state index contributed by atoms with van der Waals surface area (Å²) in [6.07, 6.45) is 2.02. The van der Waals surface area contributed by atoms with Gasteiger partial charge in [-0.3, -0.25) is 0 Å². The van der Waals surface area contributed by atoms with E-state index < -0.39 is 0 Å². The molecule has 0 radical (unpaired) electrons. The fourth-order valence-electron chi connectivity index (χ4n) is 1.85. The maximum atomic E-state index is 5.73. The molecular formula is C13H13N5O. The molecule has 0 atom stereocenters. The van der Waals surface area contributed by atoms with Crippen LogP contribution < -0.4 is 11.1 Å². The number of rotatable bonds is 4. The summed E-state index contributed by atoms with van der Waals surface area (Å²) >= 11 is 0. The Morgan fingerprint density at radius 2 is 2.16 bits per heavy atom. The molecule has 0 aliphatic carbocycles. The van der Waals surface area contributed by atoms with Crippen LogP contribution in [0.4, 0.5) is 11.5 Å². The maximum absolute atomic E-state index is 5.73. The van der Waals surface area contributed by atoms with Gasteiger partial charge in [0, 0.05) is 24.0 Å². The van der Waals surface area contributed by atoms with Crippen LogP contribution in [0.1, 0.15) is 5.82 Å². The van der Waals surface area contributed by atoms with E-state index in [-0.39, 0.29) is 0 Å². The van der Waals surface area contributed by atoms with Crippen molar-refractivity contribution < 1.29 is 4.52 Å².